The zero-order valence-corrected chi connectivity index (χ0v) is 11.2. The number of hydrogen-bond acceptors (Lipinski definition) is 3. The molecule has 0 aromatic heterocycles. The van der Waals surface area contributed by atoms with E-state index in [-0.39, 0.29) is 0 Å². The first-order valence-electron chi connectivity index (χ1n) is 6.02. The smallest absolute Gasteiger partial charge is 0.101 e. The second-order valence-electron chi connectivity index (χ2n) is 4.92. The van der Waals surface area contributed by atoms with E-state index in [4.69, 9.17) is 5.26 Å². The molecular weight excluding hydrogens is 228 g/mol. The molecule has 1 heterocycles. The molecule has 1 aromatic rings. The van der Waals surface area contributed by atoms with Crippen LogP contribution in [0.3, 0.4) is 0 Å². The molecule has 2 nitrogen and oxygen atoms in total. The van der Waals surface area contributed by atoms with E-state index in [9.17, 15) is 0 Å². The van der Waals surface area contributed by atoms with Crippen LogP contribution in [0.15, 0.2) is 18.2 Å². The van der Waals surface area contributed by atoms with E-state index < -0.39 is 0 Å². The molecule has 1 atom stereocenters. The zero-order valence-electron chi connectivity index (χ0n) is 10.4. The lowest BCUT2D eigenvalue weighted by Gasteiger charge is -2.24. The minimum atomic E-state index is 0.330. The summed E-state index contributed by atoms with van der Waals surface area (Å²) in [7, 11) is 0. The summed E-state index contributed by atoms with van der Waals surface area (Å²) in [6, 6.07) is 8.17. The number of hydrogen-bond donors (Lipinski definition) is 1. The molecule has 1 aliphatic rings. The monoisotopic (exact) mass is 246 g/mol. The molecule has 1 aliphatic heterocycles. The van der Waals surface area contributed by atoms with Crippen molar-refractivity contribution in [2.45, 2.75) is 31.4 Å². The van der Waals surface area contributed by atoms with Crippen LogP contribution in [-0.4, -0.2) is 17.0 Å². The Bertz CT molecular complexity index is 442. The fourth-order valence-corrected chi connectivity index (χ4v) is 3.40. The van der Waals surface area contributed by atoms with E-state index in [0.29, 0.717) is 4.75 Å². The first-order valence-corrected chi connectivity index (χ1v) is 7.00. The molecule has 1 fully saturated rings. The van der Waals surface area contributed by atoms with Gasteiger partial charge in [-0.2, -0.15) is 17.0 Å². The van der Waals surface area contributed by atoms with Crippen LogP contribution < -0.4 is 5.32 Å². The van der Waals surface area contributed by atoms with E-state index in [1.807, 2.05) is 23.9 Å². The van der Waals surface area contributed by atoms with Crippen LogP contribution in [0.25, 0.3) is 0 Å². The zero-order chi connectivity index (χ0) is 12.3. The molecule has 0 spiro atoms. The molecule has 90 valence electrons. The second-order valence-corrected chi connectivity index (χ2v) is 6.60. The fourth-order valence-electron chi connectivity index (χ4n) is 2.16. The van der Waals surface area contributed by atoms with Gasteiger partial charge >= 0.3 is 0 Å². The van der Waals surface area contributed by atoms with Crippen LogP contribution in [0.4, 0.5) is 5.69 Å². The highest BCUT2D eigenvalue weighted by molar-refractivity contribution is 8.00. The van der Waals surface area contributed by atoms with Crippen molar-refractivity contribution in [3.05, 3.63) is 29.3 Å². The third kappa shape index (κ3) is 2.95. The van der Waals surface area contributed by atoms with Crippen LogP contribution in [0.1, 0.15) is 30.9 Å². The summed E-state index contributed by atoms with van der Waals surface area (Å²) >= 11 is 2.04. The number of nitrogens with zero attached hydrogens (tertiary/aromatic N) is 1. The van der Waals surface area contributed by atoms with Gasteiger partial charge in [-0.25, -0.2) is 0 Å². The van der Waals surface area contributed by atoms with Crippen molar-refractivity contribution >= 4 is 17.4 Å². The van der Waals surface area contributed by atoms with Gasteiger partial charge in [0.05, 0.1) is 11.3 Å². The molecule has 1 aromatic carbocycles. The van der Waals surface area contributed by atoms with Crippen LogP contribution in [-0.2, 0) is 0 Å². The lowest BCUT2D eigenvalue weighted by molar-refractivity contribution is 0.635. The molecule has 2 rings (SSSR count). The highest BCUT2D eigenvalue weighted by atomic mass is 32.2. The van der Waals surface area contributed by atoms with Crippen molar-refractivity contribution in [1.29, 1.82) is 5.26 Å². The van der Waals surface area contributed by atoms with Gasteiger partial charge in [0.1, 0.15) is 6.07 Å². The maximum atomic E-state index is 9.07. The maximum absolute atomic E-state index is 9.07. The van der Waals surface area contributed by atoms with E-state index >= 15 is 0 Å². The van der Waals surface area contributed by atoms with Gasteiger partial charge in [-0.1, -0.05) is 6.07 Å². The van der Waals surface area contributed by atoms with E-state index in [1.54, 1.807) is 0 Å². The van der Waals surface area contributed by atoms with Gasteiger partial charge < -0.3 is 5.32 Å². The predicted molar refractivity (Wildman–Crippen MR) is 74.5 cm³/mol. The number of benzene rings is 1. The lowest BCUT2D eigenvalue weighted by Crippen LogP contribution is -2.27. The van der Waals surface area contributed by atoms with Crippen LogP contribution in [0, 0.1) is 18.3 Å². The van der Waals surface area contributed by atoms with Gasteiger partial charge in [0.2, 0.25) is 0 Å². The van der Waals surface area contributed by atoms with Gasteiger partial charge in [0, 0.05) is 11.3 Å². The molecule has 0 amide bonds. The Morgan fingerprint density at radius 3 is 3.00 bits per heavy atom. The average Bonchev–Trinajstić information content (AvgIpc) is 2.74. The van der Waals surface area contributed by atoms with Gasteiger partial charge in [-0.15, -0.1) is 0 Å². The minimum Gasteiger partial charge on any atom is -0.383 e. The second kappa shape index (κ2) is 5.01. The molecule has 1 saturated heterocycles. The third-order valence-electron chi connectivity index (χ3n) is 3.25. The van der Waals surface area contributed by atoms with Crippen LogP contribution in [0.5, 0.6) is 0 Å². The van der Waals surface area contributed by atoms with Crippen molar-refractivity contribution in [3.63, 3.8) is 0 Å². The normalized spacial score (nSPS) is 23.4. The standard InChI is InChI=1S/C14H18N2S/c1-11-4-5-12(9-15)13(8-11)16-10-14(2)6-3-7-17-14/h4-5,8,16H,3,6-7,10H2,1-2H3. The highest BCUT2D eigenvalue weighted by Crippen LogP contribution is 2.37. The van der Waals surface area contributed by atoms with Gasteiger partial charge in [0.15, 0.2) is 0 Å². The number of nitriles is 1. The largest absolute Gasteiger partial charge is 0.383 e. The first kappa shape index (κ1) is 12.3. The molecule has 3 heteroatoms. The molecule has 1 N–H and O–H groups in total. The van der Waals surface area contributed by atoms with Crippen LogP contribution >= 0.6 is 11.8 Å². The van der Waals surface area contributed by atoms with Crippen molar-refractivity contribution < 1.29 is 0 Å². The van der Waals surface area contributed by atoms with Crippen molar-refractivity contribution in [3.8, 4) is 6.07 Å². The predicted octanol–water partition coefficient (Wildman–Crippen LogP) is 3.56. The summed E-state index contributed by atoms with van der Waals surface area (Å²) in [5.41, 5.74) is 2.90. The number of nitrogens with one attached hydrogen (secondary N) is 1. The van der Waals surface area contributed by atoms with Gasteiger partial charge in [-0.05, 0) is 50.1 Å². The SMILES string of the molecule is Cc1ccc(C#N)c(NCC2(C)CCCS2)c1. The summed E-state index contributed by atoms with van der Waals surface area (Å²) < 4.78 is 0.330. The Morgan fingerprint density at radius 2 is 2.35 bits per heavy atom. The number of thioether (sulfide) groups is 1. The fraction of sp³-hybridized carbons (Fsp3) is 0.500. The average molecular weight is 246 g/mol. The van der Waals surface area contributed by atoms with Crippen molar-refractivity contribution in [2.24, 2.45) is 0 Å². The molecule has 17 heavy (non-hydrogen) atoms. The first-order chi connectivity index (χ1) is 8.13. The molecular formula is C14H18N2S. The molecule has 1 unspecified atom stereocenters. The van der Waals surface area contributed by atoms with E-state index in [2.05, 4.69) is 31.3 Å². The third-order valence-corrected chi connectivity index (χ3v) is 4.79. The summed E-state index contributed by atoms with van der Waals surface area (Å²) in [5.74, 6) is 1.26. The summed E-state index contributed by atoms with van der Waals surface area (Å²) in [6.45, 7) is 5.30. The Balaban J connectivity index is 2.08. The summed E-state index contributed by atoms with van der Waals surface area (Å²) in [5, 5.41) is 12.5. The summed E-state index contributed by atoms with van der Waals surface area (Å²) in [4.78, 5) is 0. The minimum absolute atomic E-state index is 0.330. The molecule has 0 radical (unpaired) electrons. The molecule has 0 bridgehead atoms. The van der Waals surface area contributed by atoms with Gasteiger partial charge in [0.25, 0.3) is 0 Å². The topological polar surface area (TPSA) is 35.8 Å². The van der Waals surface area contributed by atoms with E-state index in [0.717, 1.165) is 17.8 Å². The maximum Gasteiger partial charge on any atom is 0.101 e. The number of rotatable bonds is 3. The van der Waals surface area contributed by atoms with Crippen molar-refractivity contribution in [1.82, 2.24) is 0 Å². The Labute approximate surface area is 107 Å². The number of anilines is 1. The molecule has 0 saturated carbocycles. The lowest BCUT2D eigenvalue weighted by atomic mass is 10.0. The van der Waals surface area contributed by atoms with Crippen molar-refractivity contribution in [2.75, 3.05) is 17.6 Å². The summed E-state index contributed by atoms with van der Waals surface area (Å²) in [6.07, 6.45) is 2.57. The quantitative estimate of drug-likeness (QED) is 0.885. The Kier molecular flexibility index (Phi) is 3.63. The van der Waals surface area contributed by atoms with Crippen LogP contribution in [0.2, 0.25) is 0 Å². The Morgan fingerprint density at radius 1 is 1.53 bits per heavy atom. The van der Waals surface area contributed by atoms with Gasteiger partial charge in [-0.3, -0.25) is 0 Å². The Hall–Kier alpha value is -1.14. The number of aryl methyl sites for hydroxylation is 1. The molecule has 0 aliphatic carbocycles. The van der Waals surface area contributed by atoms with E-state index in [1.165, 1.54) is 24.2 Å². The highest BCUT2D eigenvalue weighted by Gasteiger charge is 2.29.